The number of nitrogens with one attached hydrogen (secondary N) is 1. The van der Waals surface area contributed by atoms with Gasteiger partial charge in [0.15, 0.2) is 0 Å². The first-order valence-corrected chi connectivity index (χ1v) is 9.52. The highest BCUT2D eigenvalue weighted by molar-refractivity contribution is 6.35. The lowest BCUT2D eigenvalue weighted by Gasteiger charge is -2.34. The Morgan fingerprint density at radius 2 is 1.85 bits per heavy atom. The van der Waals surface area contributed by atoms with E-state index in [-0.39, 0.29) is 11.8 Å². The maximum Gasteiger partial charge on any atom is 0.329 e. The van der Waals surface area contributed by atoms with Crippen molar-refractivity contribution >= 4 is 40.8 Å². The van der Waals surface area contributed by atoms with Crippen LogP contribution in [0.1, 0.15) is 29.5 Å². The molecule has 0 saturated carbocycles. The number of para-hydroxylation sites is 1. The maximum absolute atomic E-state index is 12.6. The maximum atomic E-state index is 12.6. The van der Waals surface area contributed by atoms with Crippen LogP contribution in [-0.2, 0) is 11.3 Å². The molecule has 2 unspecified atom stereocenters. The molecule has 1 fully saturated rings. The molecule has 140 valence electrons. The summed E-state index contributed by atoms with van der Waals surface area (Å²) >= 11 is 12.7. The summed E-state index contributed by atoms with van der Waals surface area (Å²) in [5.41, 5.74) is 3.58. The Hall–Kier alpha value is -2.08. The average molecular weight is 404 g/mol. The highest BCUT2D eigenvalue weighted by Crippen LogP contribution is 2.41. The minimum Gasteiger partial charge on any atom is -0.326 e. The summed E-state index contributed by atoms with van der Waals surface area (Å²) in [5.74, 6) is -0.302. The Bertz CT molecular complexity index is 947. The molecular formula is C20H19Cl2N3O2. The van der Waals surface area contributed by atoms with Crippen LogP contribution in [0.2, 0.25) is 10.0 Å². The second kappa shape index (κ2) is 6.82. The molecule has 2 aliphatic heterocycles. The number of carbonyl (C=O) groups excluding carboxylic acids is 2. The number of likely N-dealkylation sites (N-methyl/N-ethyl adjacent to an activating group) is 1. The molecule has 0 spiro atoms. The van der Waals surface area contributed by atoms with Crippen LogP contribution in [0.5, 0.6) is 0 Å². The van der Waals surface area contributed by atoms with Crippen LogP contribution in [0.3, 0.4) is 0 Å². The van der Waals surface area contributed by atoms with E-state index in [0.29, 0.717) is 15.7 Å². The first kappa shape index (κ1) is 18.3. The molecule has 4 rings (SSSR count). The summed E-state index contributed by atoms with van der Waals surface area (Å²) in [6.07, 6.45) is 0. The molecule has 2 aromatic rings. The van der Waals surface area contributed by atoms with E-state index in [2.05, 4.69) is 10.2 Å². The first-order chi connectivity index (χ1) is 12.9. The lowest BCUT2D eigenvalue weighted by atomic mass is 9.83. The number of benzene rings is 2. The summed E-state index contributed by atoms with van der Waals surface area (Å²) in [6, 6.07) is 10.3. The number of carbonyl (C=O) groups is 2. The van der Waals surface area contributed by atoms with Gasteiger partial charge in [-0.2, -0.15) is 0 Å². The molecular weight excluding hydrogens is 385 g/mol. The van der Waals surface area contributed by atoms with E-state index in [1.165, 1.54) is 4.90 Å². The number of rotatable bonds is 2. The summed E-state index contributed by atoms with van der Waals surface area (Å²) in [5, 5.41) is 3.89. The van der Waals surface area contributed by atoms with Crippen molar-refractivity contribution in [2.75, 3.05) is 18.5 Å². The third kappa shape index (κ3) is 3.10. The summed E-state index contributed by atoms with van der Waals surface area (Å²) in [6.45, 7) is 3.15. The van der Waals surface area contributed by atoms with Crippen molar-refractivity contribution in [2.24, 2.45) is 0 Å². The molecule has 7 heteroatoms. The quantitative estimate of drug-likeness (QED) is 0.770. The van der Waals surface area contributed by atoms with Gasteiger partial charge in [-0.05, 0) is 48.9 Å². The molecule has 1 saturated heterocycles. The molecule has 5 nitrogen and oxygen atoms in total. The van der Waals surface area contributed by atoms with Gasteiger partial charge in [-0.1, -0.05) is 41.4 Å². The molecule has 1 N–H and O–H groups in total. The number of nitrogens with zero attached hydrogens (tertiary/aromatic N) is 2. The number of imide groups is 1. The monoisotopic (exact) mass is 403 g/mol. The Labute approximate surface area is 167 Å². The number of anilines is 1. The topological polar surface area (TPSA) is 52.7 Å². The summed E-state index contributed by atoms with van der Waals surface area (Å²) in [4.78, 5) is 28.4. The van der Waals surface area contributed by atoms with E-state index >= 15 is 0 Å². The zero-order valence-corrected chi connectivity index (χ0v) is 16.5. The van der Waals surface area contributed by atoms with Crippen LogP contribution in [0.25, 0.3) is 0 Å². The van der Waals surface area contributed by atoms with Gasteiger partial charge in [0.2, 0.25) is 0 Å². The van der Waals surface area contributed by atoms with Crippen molar-refractivity contribution in [3.05, 3.63) is 63.1 Å². The smallest absolute Gasteiger partial charge is 0.326 e. The molecule has 27 heavy (non-hydrogen) atoms. The fourth-order valence-corrected chi connectivity index (χ4v) is 4.50. The second-order valence-electron chi connectivity index (χ2n) is 7.11. The van der Waals surface area contributed by atoms with Crippen LogP contribution in [0, 0.1) is 0 Å². The van der Waals surface area contributed by atoms with E-state index in [4.69, 9.17) is 23.2 Å². The number of halogens is 2. The molecule has 0 aromatic heterocycles. The largest absolute Gasteiger partial charge is 0.329 e. The van der Waals surface area contributed by atoms with Crippen molar-refractivity contribution in [2.45, 2.75) is 25.4 Å². The highest BCUT2D eigenvalue weighted by Gasteiger charge is 2.39. The van der Waals surface area contributed by atoms with Gasteiger partial charge in [-0.3, -0.25) is 4.79 Å². The Morgan fingerprint density at radius 3 is 2.56 bits per heavy atom. The van der Waals surface area contributed by atoms with Gasteiger partial charge in [-0.15, -0.1) is 0 Å². The molecule has 0 bridgehead atoms. The predicted molar refractivity (Wildman–Crippen MR) is 107 cm³/mol. The SMILES string of the molecule is CC1NC(=O)N(c2ccccc2C2CN(C)Cc3c(Cl)cc(Cl)cc32)C1=O. The van der Waals surface area contributed by atoms with Crippen LogP contribution in [0.15, 0.2) is 36.4 Å². The highest BCUT2D eigenvalue weighted by atomic mass is 35.5. The minimum absolute atomic E-state index is 0.0531. The van der Waals surface area contributed by atoms with Gasteiger partial charge in [0.1, 0.15) is 6.04 Å². The van der Waals surface area contributed by atoms with Gasteiger partial charge in [-0.25, -0.2) is 9.69 Å². The van der Waals surface area contributed by atoms with Crippen molar-refractivity contribution in [3.63, 3.8) is 0 Å². The van der Waals surface area contributed by atoms with Crippen molar-refractivity contribution in [3.8, 4) is 0 Å². The minimum atomic E-state index is -0.532. The van der Waals surface area contributed by atoms with Crippen LogP contribution in [0.4, 0.5) is 10.5 Å². The second-order valence-corrected chi connectivity index (χ2v) is 7.95. The van der Waals surface area contributed by atoms with Crippen molar-refractivity contribution in [1.29, 1.82) is 0 Å². The first-order valence-electron chi connectivity index (χ1n) is 8.76. The molecule has 2 atom stereocenters. The molecule has 0 radical (unpaired) electrons. The Kier molecular flexibility index (Phi) is 4.62. The van der Waals surface area contributed by atoms with E-state index in [1.54, 1.807) is 13.0 Å². The van der Waals surface area contributed by atoms with Crippen LogP contribution in [-0.4, -0.2) is 36.5 Å². The van der Waals surface area contributed by atoms with Gasteiger partial charge < -0.3 is 10.2 Å². The molecule has 2 aromatic carbocycles. The lowest BCUT2D eigenvalue weighted by molar-refractivity contribution is -0.117. The standard InChI is InChI=1S/C20H19Cl2N3O2/c1-11-19(26)25(20(27)23-11)18-6-4-3-5-13(18)15-9-24(2)10-16-14(15)7-12(21)8-17(16)22/h3-8,11,15H,9-10H2,1-2H3,(H,23,27). The molecule has 2 aliphatic rings. The Morgan fingerprint density at radius 1 is 1.11 bits per heavy atom. The predicted octanol–water partition coefficient (Wildman–Crippen LogP) is 4.02. The zero-order valence-electron chi connectivity index (χ0n) is 15.0. The third-order valence-electron chi connectivity index (χ3n) is 5.18. The fraction of sp³-hybridized carbons (Fsp3) is 0.300. The van der Waals surface area contributed by atoms with Gasteiger partial charge in [0.05, 0.1) is 5.69 Å². The molecule has 0 aliphatic carbocycles. The van der Waals surface area contributed by atoms with E-state index < -0.39 is 12.1 Å². The Balaban J connectivity index is 1.87. The van der Waals surface area contributed by atoms with Crippen molar-refractivity contribution < 1.29 is 9.59 Å². The van der Waals surface area contributed by atoms with E-state index in [1.807, 2.05) is 37.4 Å². The summed E-state index contributed by atoms with van der Waals surface area (Å²) in [7, 11) is 2.03. The fourth-order valence-electron chi connectivity index (χ4n) is 3.93. The van der Waals surface area contributed by atoms with Crippen molar-refractivity contribution in [1.82, 2.24) is 10.2 Å². The number of amides is 3. The molecule has 3 amide bonds. The van der Waals surface area contributed by atoms with Gasteiger partial charge in [0.25, 0.3) is 5.91 Å². The number of urea groups is 1. The van der Waals surface area contributed by atoms with Gasteiger partial charge in [0, 0.05) is 29.1 Å². The average Bonchev–Trinajstić information content (AvgIpc) is 2.87. The lowest BCUT2D eigenvalue weighted by Crippen LogP contribution is -2.35. The normalized spacial score (nSPS) is 22.7. The zero-order chi connectivity index (χ0) is 19.3. The summed E-state index contributed by atoms with van der Waals surface area (Å²) < 4.78 is 0. The number of fused-ring (bicyclic) bond motifs is 1. The van der Waals surface area contributed by atoms with E-state index in [9.17, 15) is 9.59 Å². The van der Waals surface area contributed by atoms with Crippen LogP contribution >= 0.6 is 23.2 Å². The number of hydrogen-bond acceptors (Lipinski definition) is 3. The van der Waals surface area contributed by atoms with Crippen LogP contribution < -0.4 is 10.2 Å². The van der Waals surface area contributed by atoms with E-state index in [0.717, 1.165) is 29.8 Å². The number of hydrogen-bond donors (Lipinski definition) is 1. The third-order valence-corrected chi connectivity index (χ3v) is 5.73. The van der Waals surface area contributed by atoms with Gasteiger partial charge >= 0.3 is 6.03 Å². The molecule has 2 heterocycles.